The SMILES string of the molecule is CC(C)c1cc(Cl)ccc1Cl. The number of hydrogen-bond donors (Lipinski definition) is 0. The van der Waals surface area contributed by atoms with Crippen LogP contribution in [-0.4, -0.2) is 0 Å². The molecule has 60 valence electrons. The summed E-state index contributed by atoms with van der Waals surface area (Å²) in [5.41, 5.74) is 1.11. The molecule has 0 nitrogen and oxygen atoms in total. The zero-order valence-electron chi connectivity index (χ0n) is 6.57. The lowest BCUT2D eigenvalue weighted by atomic mass is 10.0. The van der Waals surface area contributed by atoms with Gasteiger partial charge < -0.3 is 0 Å². The molecule has 0 atom stereocenters. The standard InChI is InChI=1S/C9H10Cl2/c1-6(2)8-5-7(10)3-4-9(8)11/h3-6H,1-2H3. The maximum absolute atomic E-state index is 5.93. The van der Waals surface area contributed by atoms with E-state index in [0.29, 0.717) is 5.92 Å². The smallest absolute Gasteiger partial charge is 0.0441 e. The number of hydrogen-bond acceptors (Lipinski definition) is 0. The van der Waals surface area contributed by atoms with Crippen molar-refractivity contribution in [2.24, 2.45) is 0 Å². The van der Waals surface area contributed by atoms with Crippen molar-refractivity contribution < 1.29 is 0 Å². The van der Waals surface area contributed by atoms with Crippen LogP contribution in [0.1, 0.15) is 25.3 Å². The van der Waals surface area contributed by atoms with Gasteiger partial charge in [0.1, 0.15) is 0 Å². The average molecular weight is 189 g/mol. The van der Waals surface area contributed by atoms with Crippen LogP contribution in [0.25, 0.3) is 0 Å². The monoisotopic (exact) mass is 188 g/mol. The van der Waals surface area contributed by atoms with Gasteiger partial charge in [0.25, 0.3) is 0 Å². The molecule has 0 saturated heterocycles. The summed E-state index contributed by atoms with van der Waals surface area (Å²) in [6.45, 7) is 4.19. The van der Waals surface area contributed by atoms with E-state index in [4.69, 9.17) is 23.2 Å². The van der Waals surface area contributed by atoms with Crippen LogP contribution in [0.4, 0.5) is 0 Å². The summed E-state index contributed by atoms with van der Waals surface area (Å²) in [6, 6.07) is 5.55. The van der Waals surface area contributed by atoms with Gasteiger partial charge in [0.15, 0.2) is 0 Å². The topological polar surface area (TPSA) is 0 Å². The minimum absolute atomic E-state index is 0.432. The van der Waals surface area contributed by atoms with E-state index in [1.54, 1.807) is 6.07 Å². The molecule has 0 fully saturated rings. The van der Waals surface area contributed by atoms with Crippen LogP contribution in [0.15, 0.2) is 18.2 Å². The molecule has 0 aliphatic carbocycles. The highest BCUT2D eigenvalue weighted by Gasteiger charge is 2.04. The molecule has 11 heavy (non-hydrogen) atoms. The summed E-state index contributed by atoms with van der Waals surface area (Å²) in [7, 11) is 0. The maximum atomic E-state index is 5.93. The molecule has 0 heterocycles. The molecule has 0 amide bonds. The molecule has 0 radical (unpaired) electrons. The van der Waals surface area contributed by atoms with Gasteiger partial charge in [-0.1, -0.05) is 37.0 Å². The molecule has 0 aliphatic rings. The third-order valence-electron chi connectivity index (χ3n) is 1.58. The first kappa shape index (κ1) is 8.89. The van der Waals surface area contributed by atoms with Crippen LogP contribution < -0.4 is 0 Å². The predicted octanol–water partition coefficient (Wildman–Crippen LogP) is 4.12. The highest BCUT2D eigenvalue weighted by molar-refractivity contribution is 6.33. The Kier molecular flexibility index (Phi) is 2.80. The van der Waals surface area contributed by atoms with Gasteiger partial charge in [0, 0.05) is 10.0 Å². The van der Waals surface area contributed by atoms with E-state index in [2.05, 4.69) is 13.8 Å². The zero-order valence-corrected chi connectivity index (χ0v) is 8.08. The Hall–Kier alpha value is -0.200. The van der Waals surface area contributed by atoms with E-state index in [9.17, 15) is 0 Å². The van der Waals surface area contributed by atoms with Crippen LogP contribution in [0, 0.1) is 0 Å². The van der Waals surface area contributed by atoms with Crippen molar-refractivity contribution in [1.29, 1.82) is 0 Å². The van der Waals surface area contributed by atoms with Gasteiger partial charge in [-0.2, -0.15) is 0 Å². The summed E-state index contributed by atoms with van der Waals surface area (Å²) in [5, 5.41) is 1.54. The maximum Gasteiger partial charge on any atom is 0.0441 e. The fourth-order valence-electron chi connectivity index (χ4n) is 0.957. The van der Waals surface area contributed by atoms with Gasteiger partial charge in [0.2, 0.25) is 0 Å². The predicted molar refractivity (Wildman–Crippen MR) is 50.6 cm³/mol. The van der Waals surface area contributed by atoms with Crippen LogP contribution in [0.5, 0.6) is 0 Å². The normalized spacial score (nSPS) is 10.6. The summed E-state index contributed by atoms with van der Waals surface area (Å²) >= 11 is 11.7. The molecule has 0 bridgehead atoms. The van der Waals surface area contributed by atoms with Gasteiger partial charge in [-0.05, 0) is 29.7 Å². The largest absolute Gasteiger partial charge is 0.0843 e. The average Bonchev–Trinajstić information content (AvgIpc) is 1.94. The Morgan fingerprint density at radius 1 is 1.18 bits per heavy atom. The lowest BCUT2D eigenvalue weighted by Crippen LogP contribution is -1.87. The third-order valence-corrected chi connectivity index (χ3v) is 2.16. The molecular formula is C9H10Cl2. The Morgan fingerprint density at radius 3 is 2.27 bits per heavy atom. The first-order chi connectivity index (χ1) is 5.11. The first-order valence-corrected chi connectivity index (χ1v) is 4.32. The van der Waals surface area contributed by atoms with Gasteiger partial charge in [-0.15, -0.1) is 0 Å². The second-order valence-corrected chi connectivity index (χ2v) is 3.66. The fraction of sp³-hybridized carbons (Fsp3) is 0.333. The van der Waals surface area contributed by atoms with Crippen LogP contribution >= 0.6 is 23.2 Å². The van der Waals surface area contributed by atoms with Crippen LogP contribution in [0.3, 0.4) is 0 Å². The lowest BCUT2D eigenvalue weighted by molar-refractivity contribution is 0.867. The molecule has 1 aromatic rings. The Labute approximate surface area is 77.1 Å². The van der Waals surface area contributed by atoms with Gasteiger partial charge in [0.05, 0.1) is 0 Å². The Bertz CT molecular complexity index is 254. The number of benzene rings is 1. The van der Waals surface area contributed by atoms with Crippen molar-refractivity contribution in [2.75, 3.05) is 0 Å². The van der Waals surface area contributed by atoms with Crippen molar-refractivity contribution in [1.82, 2.24) is 0 Å². The number of rotatable bonds is 1. The van der Waals surface area contributed by atoms with Crippen molar-refractivity contribution in [3.63, 3.8) is 0 Å². The summed E-state index contributed by atoms with van der Waals surface area (Å²) in [6.07, 6.45) is 0. The van der Waals surface area contributed by atoms with Crippen LogP contribution in [0.2, 0.25) is 10.0 Å². The van der Waals surface area contributed by atoms with Crippen molar-refractivity contribution >= 4 is 23.2 Å². The van der Waals surface area contributed by atoms with Crippen molar-refractivity contribution in [3.8, 4) is 0 Å². The summed E-state index contributed by atoms with van der Waals surface area (Å²) in [5.74, 6) is 0.432. The Balaban J connectivity index is 3.13. The minimum Gasteiger partial charge on any atom is -0.0843 e. The van der Waals surface area contributed by atoms with E-state index in [-0.39, 0.29) is 0 Å². The molecule has 0 aliphatic heterocycles. The van der Waals surface area contributed by atoms with Gasteiger partial charge >= 0.3 is 0 Å². The molecule has 1 rings (SSSR count). The van der Waals surface area contributed by atoms with E-state index < -0.39 is 0 Å². The highest BCUT2D eigenvalue weighted by Crippen LogP contribution is 2.26. The van der Waals surface area contributed by atoms with Gasteiger partial charge in [-0.25, -0.2) is 0 Å². The molecule has 0 saturated carbocycles. The quantitative estimate of drug-likeness (QED) is 0.623. The molecule has 0 spiro atoms. The molecule has 0 N–H and O–H groups in total. The van der Waals surface area contributed by atoms with Gasteiger partial charge in [-0.3, -0.25) is 0 Å². The molecule has 0 aromatic heterocycles. The molecule has 0 unspecified atom stereocenters. The highest BCUT2D eigenvalue weighted by atomic mass is 35.5. The lowest BCUT2D eigenvalue weighted by Gasteiger charge is -2.07. The van der Waals surface area contributed by atoms with E-state index in [0.717, 1.165) is 15.6 Å². The fourth-order valence-corrected chi connectivity index (χ4v) is 1.47. The van der Waals surface area contributed by atoms with E-state index in [1.807, 2.05) is 12.1 Å². The molecular weight excluding hydrogens is 179 g/mol. The second kappa shape index (κ2) is 3.46. The van der Waals surface area contributed by atoms with E-state index in [1.165, 1.54) is 0 Å². The molecule has 2 heteroatoms. The second-order valence-electron chi connectivity index (χ2n) is 2.82. The first-order valence-electron chi connectivity index (χ1n) is 3.56. The van der Waals surface area contributed by atoms with Crippen molar-refractivity contribution in [3.05, 3.63) is 33.8 Å². The minimum atomic E-state index is 0.432. The number of halogens is 2. The van der Waals surface area contributed by atoms with Crippen molar-refractivity contribution in [2.45, 2.75) is 19.8 Å². The summed E-state index contributed by atoms with van der Waals surface area (Å²) < 4.78 is 0. The zero-order chi connectivity index (χ0) is 8.43. The van der Waals surface area contributed by atoms with Crippen LogP contribution in [-0.2, 0) is 0 Å². The molecule has 1 aromatic carbocycles. The third kappa shape index (κ3) is 2.11. The van der Waals surface area contributed by atoms with E-state index >= 15 is 0 Å². The summed E-state index contributed by atoms with van der Waals surface area (Å²) in [4.78, 5) is 0. The Morgan fingerprint density at radius 2 is 1.82 bits per heavy atom.